The molecule has 0 aliphatic carbocycles. The average molecular weight is 217 g/mol. The van der Waals surface area contributed by atoms with Crippen LogP contribution in [-0.2, 0) is 6.42 Å². The Morgan fingerprint density at radius 3 is 2.44 bits per heavy atom. The van der Waals surface area contributed by atoms with Crippen LogP contribution >= 0.6 is 0 Å². The second-order valence-corrected chi connectivity index (χ2v) is 4.24. The zero-order chi connectivity index (χ0) is 11.9. The molecule has 16 heavy (non-hydrogen) atoms. The minimum absolute atomic E-state index is 0.563. The van der Waals surface area contributed by atoms with Crippen molar-refractivity contribution in [2.24, 2.45) is 5.18 Å². The molecule has 1 aliphatic heterocycles. The van der Waals surface area contributed by atoms with E-state index in [0.29, 0.717) is 5.69 Å². The third kappa shape index (κ3) is 1.43. The minimum Gasteiger partial charge on any atom is -0.462 e. The Bertz CT molecular complexity index is 501. The summed E-state index contributed by atoms with van der Waals surface area (Å²) in [6.45, 7) is 7.76. The Morgan fingerprint density at radius 2 is 1.81 bits per heavy atom. The van der Waals surface area contributed by atoms with Crippen molar-refractivity contribution in [2.45, 2.75) is 34.1 Å². The van der Waals surface area contributed by atoms with E-state index in [1.165, 1.54) is 0 Å². The van der Waals surface area contributed by atoms with Crippen LogP contribution in [0.5, 0.6) is 5.75 Å². The largest absolute Gasteiger partial charge is 0.462 e. The summed E-state index contributed by atoms with van der Waals surface area (Å²) in [7, 11) is 0. The summed E-state index contributed by atoms with van der Waals surface area (Å²) < 4.78 is 5.74. The smallest absolute Gasteiger partial charge is 0.133 e. The van der Waals surface area contributed by atoms with Gasteiger partial charge in [-0.25, -0.2) is 0 Å². The van der Waals surface area contributed by atoms with E-state index in [0.717, 1.165) is 40.2 Å². The fourth-order valence-electron chi connectivity index (χ4n) is 2.14. The van der Waals surface area contributed by atoms with Crippen LogP contribution in [0.3, 0.4) is 0 Å². The second kappa shape index (κ2) is 3.74. The van der Waals surface area contributed by atoms with Gasteiger partial charge in [0, 0.05) is 5.56 Å². The second-order valence-electron chi connectivity index (χ2n) is 4.24. The molecule has 0 spiro atoms. The molecule has 1 heterocycles. The fraction of sp³-hybridized carbons (Fsp3) is 0.385. The lowest BCUT2D eigenvalue weighted by Gasteiger charge is -2.22. The Labute approximate surface area is 95.1 Å². The lowest BCUT2D eigenvalue weighted by molar-refractivity contribution is 0.408. The standard InChI is InChI=1S/C13H15NO2/c1-7-5-6-11-10(4)12(14-15)8(2)9(3)13(11)16-7/h5H,6H2,1-4H3. The lowest BCUT2D eigenvalue weighted by Crippen LogP contribution is -2.07. The molecule has 84 valence electrons. The summed E-state index contributed by atoms with van der Waals surface area (Å²) in [4.78, 5) is 10.8. The van der Waals surface area contributed by atoms with E-state index in [9.17, 15) is 4.91 Å². The normalized spacial score (nSPS) is 13.9. The summed E-state index contributed by atoms with van der Waals surface area (Å²) in [6.07, 6.45) is 2.84. The Balaban J connectivity index is 2.73. The van der Waals surface area contributed by atoms with E-state index >= 15 is 0 Å². The van der Waals surface area contributed by atoms with E-state index in [-0.39, 0.29) is 0 Å². The van der Waals surface area contributed by atoms with Crippen molar-refractivity contribution in [3.63, 3.8) is 0 Å². The maximum Gasteiger partial charge on any atom is 0.133 e. The first kappa shape index (κ1) is 10.9. The molecule has 2 rings (SSSR count). The molecule has 0 saturated heterocycles. The van der Waals surface area contributed by atoms with E-state index in [2.05, 4.69) is 5.18 Å². The Morgan fingerprint density at radius 1 is 1.12 bits per heavy atom. The van der Waals surface area contributed by atoms with Crippen LogP contribution in [0.25, 0.3) is 0 Å². The molecule has 0 N–H and O–H groups in total. The number of benzene rings is 1. The molecule has 0 radical (unpaired) electrons. The van der Waals surface area contributed by atoms with Gasteiger partial charge in [-0.3, -0.25) is 0 Å². The van der Waals surface area contributed by atoms with Crippen molar-refractivity contribution in [1.29, 1.82) is 0 Å². The van der Waals surface area contributed by atoms with Crippen LogP contribution in [0.1, 0.15) is 29.2 Å². The third-order valence-corrected chi connectivity index (χ3v) is 3.29. The summed E-state index contributed by atoms with van der Waals surface area (Å²) in [5.74, 6) is 1.82. The fourth-order valence-corrected chi connectivity index (χ4v) is 2.14. The molecule has 1 aromatic carbocycles. The number of fused-ring (bicyclic) bond motifs is 1. The highest BCUT2D eigenvalue weighted by molar-refractivity contribution is 5.65. The van der Waals surface area contributed by atoms with Crippen LogP contribution in [-0.4, -0.2) is 0 Å². The Hall–Kier alpha value is -1.64. The van der Waals surface area contributed by atoms with Crippen LogP contribution in [0.15, 0.2) is 17.0 Å². The van der Waals surface area contributed by atoms with Gasteiger partial charge in [0.2, 0.25) is 0 Å². The van der Waals surface area contributed by atoms with Gasteiger partial charge in [0.1, 0.15) is 11.4 Å². The molecule has 3 nitrogen and oxygen atoms in total. The molecule has 1 aromatic rings. The molecule has 0 amide bonds. The van der Waals surface area contributed by atoms with Gasteiger partial charge in [-0.2, -0.15) is 0 Å². The third-order valence-electron chi connectivity index (χ3n) is 3.29. The van der Waals surface area contributed by atoms with Crippen molar-refractivity contribution in [2.75, 3.05) is 0 Å². The highest BCUT2D eigenvalue weighted by atomic mass is 16.5. The number of hydrogen-bond acceptors (Lipinski definition) is 3. The molecule has 3 heteroatoms. The number of hydrogen-bond donors (Lipinski definition) is 0. The highest BCUT2D eigenvalue weighted by Crippen LogP contribution is 2.40. The summed E-state index contributed by atoms with van der Waals surface area (Å²) in [6, 6.07) is 0. The monoisotopic (exact) mass is 217 g/mol. The van der Waals surface area contributed by atoms with Crippen LogP contribution in [0, 0.1) is 25.7 Å². The van der Waals surface area contributed by atoms with Gasteiger partial charge in [-0.1, -0.05) is 0 Å². The van der Waals surface area contributed by atoms with Crippen LogP contribution < -0.4 is 4.74 Å². The van der Waals surface area contributed by atoms with Gasteiger partial charge >= 0.3 is 0 Å². The SMILES string of the molecule is CC1=CCc2c(C)c(N=O)c(C)c(C)c2O1. The number of rotatable bonds is 1. The number of allylic oxidation sites excluding steroid dienone is 2. The maximum absolute atomic E-state index is 10.8. The van der Waals surface area contributed by atoms with Gasteiger partial charge < -0.3 is 4.74 Å². The minimum atomic E-state index is 0.563. The van der Waals surface area contributed by atoms with Crippen molar-refractivity contribution >= 4 is 5.69 Å². The van der Waals surface area contributed by atoms with Gasteiger partial charge in [-0.15, -0.1) is 4.91 Å². The van der Waals surface area contributed by atoms with Crippen LogP contribution in [0.4, 0.5) is 5.69 Å². The van der Waals surface area contributed by atoms with Crippen LogP contribution in [0.2, 0.25) is 0 Å². The predicted octanol–water partition coefficient (Wildman–Crippen LogP) is 3.85. The lowest BCUT2D eigenvalue weighted by atomic mass is 9.93. The van der Waals surface area contributed by atoms with E-state index in [1.54, 1.807) is 0 Å². The van der Waals surface area contributed by atoms with Crippen molar-refractivity contribution in [3.05, 3.63) is 39.0 Å². The molecular weight excluding hydrogens is 202 g/mol. The molecule has 0 atom stereocenters. The molecule has 0 saturated carbocycles. The quantitative estimate of drug-likeness (QED) is 0.670. The Kier molecular flexibility index (Phi) is 2.54. The van der Waals surface area contributed by atoms with Crippen molar-refractivity contribution in [1.82, 2.24) is 0 Å². The average Bonchev–Trinajstić information content (AvgIpc) is 2.27. The zero-order valence-corrected chi connectivity index (χ0v) is 10.0. The molecule has 0 fully saturated rings. The van der Waals surface area contributed by atoms with Gasteiger partial charge in [0.15, 0.2) is 0 Å². The number of nitrogens with zero attached hydrogens (tertiary/aromatic N) is 1. The van der Waals surface area contributed by atoms with E-state index in [4.69, 9.17) is 4.74 Å². The highest BCUT2D eigenvalue weighted by Gasteiger charge is 2.21. The number of ether oxygens (including phenoxy) is 1. The molecular formula is C13H15NO2. The molecule has 0 aromatic heterocycles. The van der Waals surface area contributed by atoms with E-state index < -0.39 is 0 Å². The first-order valence-corrected chi connectivity index (χ1v) is 5.36. The van der Waals surface area contributed by atoms with E-state index in [1.807, 2.05) is 33.8 Å². The summed E-state index contributed by atoms with van der Waals surface area (Å²) in [5.41, 5.74) is 4.52. The number of nitroso groups, excluding NO2 is 1. The van der Waals surface area contributed by atoms with Crippen molar-refractivity contribution < 1.29 is 4.74 Å². The maximum atomic E-state index is 10.8. The first-order valence-electron chi connectivity index (χ1n) is 5.36. The van der Waals surface area contributed by atoms with Gasteiger partial charge in [0.25, 0.3) is 0 Å². The topological polar surface area (TPSA) is 38.7 Å². The van der Waals surface area contributed by atoms with Gasteiger partial charge in [-0.05, 0) is 62.1 Å². The van der Waals surface area contributed by atoms with Gasteiger partial charge in [0.05, 0.1) is 5.76 Å². The summed E-state index contributed by atoms with van der Waals surface area (Å²) >= 11 is 0. The molecule has 0 bridgehead atoms. The predicted molar refractivity (Wildman–Crippen MR) is 64.2 cm³/mol. The summed E-state index contributed by atoms with van der Waals surface area (Å²) in [5, 5.41) is 3.13. The molecule has 0 unspecified atom stereocenters. The van der Waals surface area contributed by atoms with Crippen molar-refractivity contribution in [3.8, 4) is 5.75 Å². The first-order chi connectivity index (χ1) is 7.56. The molecule has 1 aliphatic rings. The zero-order valence-electron chi connectivity index (χ0n) is 10.0.